The number of hydrogen-bond acceptors (Lipinski definition) is 2. The molecule has 0 N–H and O–H groups in total. The van der Waals surface area contributed by atoms with E-state index < -0.39 is 11.7 Å². The summed E-state index contributed by atoms with van der Waals surface area (Å²) in [6.45, 7) is 2.68. The van der Waals surface area contributed by atoms with Gasteiger partial charge in [0.25, 0.3) is 0 Å². The minimum absolute atomic E-state index is 0.578. The van der Waals surface area contributed by atoms with Crippen molar-refractivity contribution in [3.05, 3.63) is 71.6 Å². The summed E-state index contributed by atoms with van der Waals surface area (Å²) < 4.78 is 38.5. The number of nitrogens with zero attached hydrogens (tertiary/aromatic N) is 2. The lowest BCUT2D eigenvalue weighted by atomic mass is 9.97. The highest BCUT2D eigenvalue weighted by Crippen LogP contribution is 2.32. The molecule has 0 atom stereocenters. The molecule has 5 heteroatoms. The number of rotatable bonds is 5. The fourth-order valence-corrected chi connectivity index (χ4v) is 3.13. The van der Waals surface area contributed by atoms with Crippen LogP contribution in [0.1, 0.15) is 29.5 Å². The van der Waals surface area contributed by atoms with Gasteiger partial charge in [0.15, 0.2) is 0 Å². The molecule has 2 heterocycles. The van der Waals surface area contributed by atoms with Gasteiger partial charge < -0.3 is 0 Å². The van der Waals surface area contributed by atoms with Crippen LogP contribution in [0, 0.1) is 0 Å². The van der Waals surface area contributed by atoms with Gasteiger partial charge in [-0.25, -0.2) is 0 Å². The van der Waals surface area contributed by atoms with Crippen LogP contribution in [-0.2, 0) is 12.6 Å². The Balaban J connectivity index is 1.54. The maximum Gasteiger partial charge on any atom is 0.416 e. The van der Waals surface area contributed by atoms with E-state index in [2.05, 4.69) is 16.0 Å². The molecule has 0 saturated heterocycles. The molecule has 1 aromatic heterocycles. The first-order valence-electron chi connectivity index (χ1n) is 8.50. The van der Waals surface area contributed by atoms with E-state index in [0.717, 1.165) is 50.5 Å². The number of benzene rings is 1. The summed E-state index contributed by atoms with van der Waals surface area (Å²) in [6.07, 6.45) is 4.26. The zero-order valence-corrected chi connectivity index (χ0v) is 14.0. The summed E-state index contributed by atoms with van der Waals surface area (Å²) in [4.78, 5) is 6.36. The maximum absolute atomic E-state index is 12.8. The lowest BCUT2D eigenvalue weighted by Gasteiger charge is -2.26. The topological polar surface area (TPSA) is 16.1 Å². The molecular formula is C20H21F3N2. The predicted octanol–water partition coefficient (Wildman–Crippen LogP) is 4.82. The molecule has 0 amide bonds. The van der Waals surface area contributed by atoms with Gasteiger partial charge in [-0.15, -0.1) is 0 Å². The Morgan fingerprint density at radius 3 is 2.56 bits per heavy atom. The first-order valence-corrected chi connectivity index (χ1v) is 8.50. The van der Waals surface area contributed by atoms with Crippen molar-refractivity contribution in [2.45, 2.75) is 25.4 Å². The molecule has 2 aromatic rings. The Labute approximate surface area is 146 Å². The van der Waals surface area contributed by atoms with Crippen molar-refractivity contribution in [1.29, 1.82) is 0 Å². The van der Waals surface area contributed by atoms with Crippen LogP contribution < -0.4 is 0 Å². The van der Waals surface area contributed by atoms with Crippen molar-refractivity contribution in [2.24, 2.45) is 0 Å². The van der Waals surface area contributed by atoms with Gasteiger partial charge in [-0.1, -0.05) is 18.2 Å². The highest BCUT2D eigenvalue weighted by atomic mass is 19.4. The zero-order valence-electron chi connectivity index (χ0n) is 14.0. The predicted molar refractivity (Wildman–Crippen MR) is 93.0 cm³/mol. The van der Waals surface area contributed by atoms with Gasteiger partial charge in [0.1, 0.15) is 0 Å². The van der Waals surface area contributed by atoms with Crippen LogP contribution in [0.4, 0.5) is 13.2 Å². The number of halogens is 3. The maximum atomic E-state index is 12.8. The molecular weight excluding hydrogens is 325 g/mol. The van der Waals surface area contributed by atoms with Crippen molar-refractivity contribution in [3.63, 3.8) is 0 Å². The van der Waals surface area contributed by atoms with Crippen molar-refractivity contribution in [2.75, 3.05) is 19.6 Å². The van der Waals surface area contributed by atoms with Crippen LogP contribution in [-0.4, -0.2) is 29.5 Å². The molecule has 1 aliphatic rings. The number of hydrogen-bond donors (Lipinski definition) is 0. The van der Waals surface area contributed by atoms with E-state index in [4.69, 9.17) is 0 Å². The summed E-state index contributed by atoms with van der Waals surface area (Å²) in [6, 6.07) is 9.69. The molecule has 0 saturated carbocycles. The summed E-state index contributed by atoms with van der Waals surface area (Å²) in [5.74, 6) is 0. The third-order valence-electron chi connectivity index (χ3n) is 4.54. The third kappa shape index (κ3) is 4.92. The molecule has 0 bridgehead atoms. The van der Waals surface area contributed by atoms with Crippen molar-refractivity contribution < 1.29 is 13.2 Å². The molecule has 1 aromatic carbocycles. The van der Waals surface area contributed by atoms with E-state index >= 15 is 0 Å². The zero-order chi connectivity index (χ0) is 17.7. The van der Waals surface area contributed by atoms with E-state index in [9.17, 15) is 13.2 Å². The van der Waals surface area contributed by atoms with Crippen molar-refractivity contribution in [3.8, 4) is 0 Å². The first-order chi connectivity index (χ1) is 12.0. The molecule has 0 fully saturated rings. The van der Waals surface area contributed by atoms with E-state index in [1.807, 2.05) is 12.1 Å². The van der Waals surface area contributed by atoms with Crippen LogP contribution in [0.25, 0.3) is 5.57 Å². The van der Waals surface area contributed by atoms with E-state index in [0.29, 0.717) is 5.56 Å². The average molecular weight is 346 g/mol. The second kappa shape index (κ2) is 7.83. The van der Waals surface area contributed by atoms with Crippen LogP contribution in [0.3, 0.4) is 0 Å². The molecule has 1 aliphatic heterocycles. The lowest BCUT2D eigenvalue weighted by molar-refractivity contribution is -0.137. The Bertz CT molecular complexity index is 723. The molecule has 3 rings (SSSR count). The Morgan fingerprint density at radius 1 is 1.08 bits per heavy atom. The lowest BCUT2D eigenvalue weighted by Crippen LogP contribution is -2.29. The second-order valence-electron chi connectivity index (χ2n) is 6.32. The van der Waals surface area contributed by atoms with Gasteiger partial charge >= 0.3 is 6.18 Å². The normalized spacial score (nSPS) is 15.9. The van der Waals surface area contributed by atoms with Crippen molar-refractivity contribution in [1.82, 2.24) is 9.88 Å². The molecule has 132 valence electrons. The van der Waals surface area contributed by atoms with Gasteiger partial charge in [0.05, 0.1) is 5.56 Å². The van der Waals surface area contributed by atoms with Crippen LogP contribution in [0.2, 0.25) is 0 Å². The highest BCUT2D eigenvalue weighted by Gasteiger charge is 2.30. The van der Waals surface area contributed by atoms with Gasteiger partial charge in [-0.2, -0.15) is 13.2 Å². The second-order valence-corrected chi connectivity index (χ2v) is 6.32. The Hall–Kier alpha value is -2.14. The smallest absolute Gasteiger partial charge is 0.299 e. The number of pyridine rings is 1. The van der Waals surface area contributed by atoms with E-state index in [1.54, 1.807) is 18.5 Å². The highest BCUT2D eigenvalue weighted by molar-refractivity contribution is 5.67. The van der Waals surface area contributed by atoms with Crippen LogP contribution in [0.5, 0.6) is 0 Å². The Morgan fingerprint density at radius 2 is 1.88 bits per heavy atom. The molecule has 2 nitrogen and oxygen atoms in total. The summed E-state index contributed by atoms with van der Waals surface area (Å²) >= 11 is 0. The fraction of sp³-hybridized carbons (Fsp3) is 0.350. The van der Waals surface area contributed by atoms with Gasteiger partial charge in [0, 0.05) is 25.5 Å². The van der Waals surface area contributed by atoms with E-state index in [-0.39, 0.29) is 0 Å². The quantitative estimate of drug-likeness (QED) is 0.771. The minimum atomic E-state index is -4.29. The summed E-state index contributed by atoms with van der Waals surface area (Å²) in [5, 5.41) is 0. The van der Waals surface area contributed by atoms with Gasteiger partial charge in [-0.3, -0.25) is 9.88 Å². The van der Waals surface area contributed by atoms with E-state index in [1.165, 1.54) is 17.7 Å². The molecule has 0 aliphatic carbocycles. The SMILES string of the molecule is FC(F)(F)c1cccc(C2=CCN(CCCc3ccncc3)CC2)c1. The number of alkyl halides is 3. The molecule has 0 spiro atoms. The fourth-order valence-electron chi connectivity index (χ4n) is 3.13. The summed E-state index contributed by atoms with van der Waals surface area (Å²) in [5.41, 5.74) is 2.40. The number of aryl methyl sites for hydroxylation is 1. The molecule has 25 heavy (non-hydrogen) atoms. The van der Waals surface area contributed by atoms with Gasteiger partial charge in [-0.05, 0) is 66.8 Å². The minimum Gasteiger partial charge on any atom is -0.299 e. The standard InChI is InChI=1S/C20H21F3N2/c21-20(22,23)19-5-1-4-18(15-19)17-8-13-25(14-9-17)12-2-3-16-6-10-24-11-7-16/h1,4-8,10-11,15H,2-3,9,12-14H2. The van der Waals surface area contributed by atoms with Crippen molar-refractivity contribution >= 4 is 5.57 Å². The largest absolute Gasteiger partial charge is 0.416 e. The monoisotopic (exact) mass is 346 g/mol. The van der Waals surface area contributed by atoms with Gasteiger partial charge in [0.2, 0.25) is 0 Å². The molecule has 0 unspecified atom stereocenters. The summed E-state index contributed by atoms with van der Waals surface area (Å²) in [7, 11) is 0. The van der Waals surface area contributed by atoms with Crippen LogP contribution >= 0.6 is 0 Å². The Kier molecular flexibility index (Phi) is 5.53. The number of aromatic nitrogens is 1. The third-order valence-corrected chi connectivity index (χ3v) is 4.54. The average Bonchev–Trinajstić information content (AvgIpc) is 2.63. The molecule has 0 radical (unpaired) electrons. The van der Waals surface area contributed by atoms with Crippen LogP contribution in [0.15, 0.2) is 54.9 Å². The first kappa shape index (κ1) is 17.7.